The minimum Gasteiger partial charge on any atom is -0.469 e. The molecule has 3 aromatic heterocycles. The number of rotatable bonds is 12. The topological polar surface area (TPSA) is 110 Å². The first-order chi connectivity index (χ1) is 23.1. The minimum atomic E-state index is -0.178. The van der Waals surface area contributed by atoms with E-state index < -0.39 is 0 Å². The number of nitrogens with one attached hydrogen (secondary N) is 2. The molecule has 0 fully saturated rings. The van der Waals surface area contributed by atoms with E-state index >= 15 is 0 Å². The Hall–Kier alpha value is -4.46. The maximum Gasteiger partial charge on any atom is 0.305 e. The van der Waals surface area contributed by atoms with Crippen molar-refractivity contribution in [2.75, 3.05) is 14.2 Å². The molecule has 8 nitrogen and oxygen atoms in total. The second-order valence-electron chi connectivity index (χ2n) is 12.9. The first-order valence-corrected chi connectivity index (χ1v) is 17.4. The maximum atomic E-state index is 11.8. The molecule has 0 saturated carbocycles. The molecule has 0 spiro atoms. The number of fused-ring (bicyclic) bond motifs is 8. The number of aryl methyl sites for hydroxylation is 4. The molecular formula is C40H50N4O4. The number of aromatic amines is 2. The summed E-state index contributed by atoms with van der Waals surface area (Å²) in [6.07, 6.45) is 7.48. The summed E-state index contributed by atoms with van der Waals surface area (Å²) in [5.74, 6) is -0.356. The lowest BCUT2D eigenvalue weighted by Gasteiger charge is -2.05. The molecule has 8 bridgehead atoms. The van der Waals surface area contributed by atoms with Crippen LogP contribution in [0.4, 0.5) is 0 Å². The Morgan fingerprint density at radius 3 is 1.60 bits per heavy atom. The van der Waals surface area contributed by atoms with Gasteiger partial charge in [-0.2, -0.15) is 0 Å². The van der Waals surface area contributed by atoms with E-state index in [4.69, 9.17) is 19.4 Å². The number of nitrogens with zero attached hydrogens (tertiary/aromatic N) is 2. The molecule has 0 atom stereocenters. The molecule has 0 amide bonds. The van der Waals surface area contributed by atoms with Gasteiger partial charge in [0.15, 0.2) is 0 Å². The predicted octanol–water partition coefficient (Wildman–Crippen LogP) is 9.38. The molecule has 2 aliphatic heterocycles. The van der Waals surface area contributed by atoms with Gasteiger partial charge < -0.3 is 19.4 Å². The Balaban J connectivity index is 1.76. The quantitative estimate of drug-likeness (QED) is 0.149. The van der Waals surface area contributed by atoms with Gasteiger partial charge in [0.05, 0.1) is 37.0 Å². The Kier molecular flexibility index (Phi) is 11.0. The van der Waals surface area contributed by atoms with Crippen LogP contribution in [-0.2, 0) is 31.9 Å². The third-order valence-electron chi connectivity index (χ3n) is 10.1. The number of aromatic nitrogens is 4. The van der Waals surface area contributed by atoms with Gasteiger partial charge >= 0.3 is 11.9 Å². The lowest BCUT2D eigenvalue weighted by Crippen LogP contribution is -2.00. The molecule has 2 aliphatic rings. The van der Waals surface area contributed by atoms with Crippen molar-refractivity contribution in [1.82, 2.24) is 19.9 Å². The first-order valence-electron chi connectivity index (χ1n) is 17.4. The smallest absolute Gasteiger partial charge is 0.305 e. The van der Waals surface area contributed by atoms with Gasteiger partial charge in [0.2, 0.25) is 0 Å². The van der Waals surface area contributed by atoms with Crippen molar-refractivity contribution in [3.05, 3.63) is 69.3 Å². The molecule has 3 aromatic rings. The fourth-order valence-electron chi connectivity index (χ4n) is 7.10. The van der Waals surface area contributed by atoms with Crippen molar-refractivity contribution in [1.29, 1.82) is 0 Å². The standard InChI is InChI=1S/C40H50N4O4/c1-9-27-23(3)31-19-32-25(5)29(15-11-13-17-39(45)47-7)37(43-32)22-38-30(16-12-14-18-40(46)48-8)26(6)34(44-38)21-36-28(10-2)24(4)33(42-36)20-35(27)41-31/h19-22,42-43H,9-18H2,1-8H3. The van der Waals surface area contributed by atoms with Gasteiger partial charge in [-0.05, 0) is 148 Å². The summed E-state index contributed by atoms with van der Waals surface area (Å²) in [6.45, 7) is 13.1. The summed E-state index contributed by atoms with van der Waals surface area (Å²) in [6, 6.07) is 8.78. The van der Waals surface area contributed by atoms with Crippen LogP contribution in [-0.4, -0.2) is 46.1 Å². The molecule has 2 N–H and O–H groups in total. The maximum absolute atomic E-state index is 11.8. The van der Waals surface area contributed by atoms with Gasteiger partial charge in [-0.25, -0.2) is 9.97 Å². The van der Waals surface area contributed by atoms with Crippen LogP contribution >= 0.6 is 0 Å². The predicted molar refractivity (Wildman–Crippen MR) is 195 cm³/mol. The molecule has 0 unspecified atom stereocenters. The van der Waals surface area contributed by atoms with Crippen LogP contribution in [0.25, 0.3) is 44.4 Å². The summed E-state index contributed by atoms with van der Waals surface area (Å²) >= 11 is 0. The van der Waals surface area contributed by atoms with Crippen molar-refractivity contribution in [2.24, 2.45) is 0 Å². The summed E-state index contributed by atoms with van der Waals surface area (Å²) in [4.78, 5) is 41.6. The average molecular weight is 651 g/mol. The monoisotopic (exact) mass is 650 g/mol. The Morgan fingerprint density at radius 1 is 0.583 bits per heavy atom. The van der Waals surface area contributed by atoms with Crippen molar-refractivity contribution in [2.45, 2.75) is 106 Å². The number of allylic oxidation sites excluding steroid dienone is 4. The zero-order valence-corrected chi connectivity index (χ0v) is 29.9. The fourth-order valence-corrected chi connectivity index (χ4v) is 7.10. The number of hydrogen-bond donors (Lipinski definition) is 2. The van der Waals surface area contributed by atoms with E-state index in [0.29, 0.717) is 12.8 Å². The second kappa shape index (κ2) is 15.2. The summed E-state index contributed by atoms with van der Waals surface area (Å²) in [5, 5.41) is 0. The van der Waals surface area contributed by atoms with Crippen LogP contribution in [0, 0.1) is 13.8 Å². The van der Waals surface area contributed by atoms with Crippen LogP contribution < -0.4 is 0 Å². The van der Waals surface area contributed by atoms with Crippen molar-refractivity contribution < 1.29 is 19.1 Å². The molecular weight excluding hydrogens is 600 g/mol. The molecule has 5 heterocycles. The van der Waals surface area contributed by atoms with E-state index in [1.165, 1.54) is 53.2 Å². The first kappa shape index (κ1) is 34.9. The van der Waals surface area contributed by atoms with E-state index in [9.17, 15) is 9.59 Å². The van der Waals surface area contributed by atoms with Gasteiger partial charge in [0.1, 0.15) is 0 Å². The largest absolute Gasteiger partial charge is 0.469 e. The van der Waals surface area contributed by atoms with Gasteiger partial charge in [0, 0.05) is 34.9 Å². The lowest BCUT2D eigenvalue weighted by atomic mass is 9.98. The van der Waals surface area contributed by atoms with Crippen LogP contribution in [0.1, 0.15) is 124 Å². The Morgan fingerprint density at radius 2 is 1.04 bits per heavy atom. The average Bonchev–Trinajstić information content (AvgIpc) is 3.74. The van der Waals surface area contributed by atoms with Crippen molar-refractivity contribution >= 4 is 56.3 Å². The number of hydrogen-bond acceptors (Lipinski definition) is 6. The van der Waals surface area contributed by atoms with E-state index in [0.717, 1.165) is 102 Å². The fraction of sp³-hybridized carbons (Fsp3) is 0.450. The van der Waals surface area contributed by atoms with Crippen LogP contribution in [0.2, 0.25) is 0 Å². The number of methoxy groups -OCH3 is 2. The molecule has 0 aromatic carbocycles. The van der Waals surface area contributed by atoms with E-state index in [1.54, 1.807) is 0 Å². The normalized spacial score (nSPS) is 13.0. The molecule has 0 saturated heterocycles. The number of unbranched alkanes of at least 4 members (excludes halogenated alkanes) is 2. The van der Waals surface area contributed by atoms with Gasteiger partial charge in [-0.15, -0.1) is 0 Å². The van der Waals surface area contributed by atoms with E-state index in [2.05, 4.69) is 75.8 Å². The second-order valence-corrected chi connectivity index (χ2v) is 12.9. The molecule has 0 radical (unpaired) electrons. The molecule has 8 heteroatoms. The third kappa shape index (κ3) is 7.18. The highest BCUT2D eigenvalue weighted by Gasteiger charge is 2.20. The van der Waals surface area contributed by atoms with Gasteiger partial charge in [0.25, 0.3) is 0 Å². The Labute approximate surface area is 284 Å². The molecule has 0 aliphatic carbocycles. The number of carbonyl (C=O) groups excluding carboxylic acids is 2. The van der Waals surface area contributed by atoms with E-state index in [1.807, 2.05) is 0 Å². The van der Waals surface area contributed by atoms with Crippen LogP contribution in [0.15, 0.2) is 24.3 Å². The van der Waals surface area contributed by atoms with Gasteiger partial charge in [-0.3, -0.25) is 9.59 Å². The molecule has 48 heavy (non-hydrogen) atoms. The highest BCUT2D eigenvalue weighted by atomic mass is 16.5. The molecule has 254 valence electrons. The highest BCUT2D eigenvalue weighted by molar-refractivity contribution is 5.95. The zero-order valence-electron chi connectivity index (χ0n) is 29.9. The number of carbonyl (C=O) groups is 2. The summed E-state index contributed by atoms with van der Waals surface area (Å²) in [7, 11) is 2.88. The third-order valence-corrected chi connectivity index (χ3v) is 10.1. The van der Waals surface area contributed by atoms with Gasteiger partial charge in [-0.1, -0.05) is 13.8 Å². The number of H-pyrrole nitrogens is 2. The number of ether oxygens (including phenoxy) is 2. The van der Waals surface area contributed by atoms with Crippen LogP contribution in [0.3, 0.4) is 0 Å². The van der Waals surface area contributed by atoms with Crippen molar-refractivity contribution in [3.8, 4) is 0 Å². The Bertz CT molecular complexity index is 1960. The zero-order chi connectivity index (χ0) is 34.5. The number of esters is 2. The SMILES string of the molecule is CCC1=C(C)c2cc3[nH]c(cc4nc(cc5[nH]c(cc1n2)c(C)c5CC)C(C)=C4CCCCC(=O)OC)c(CCCCC(=O)OC)c3C. The highest BCUT2D eigenvalue weighted by Crippen LogP contribution is 2.37. The van der Waals surface area contributed by atoms with Crippen molar-refractivity contribution in [3.63, 3.8) is 0 Å². The van der Waals surface area contributed by atoms with E-state index in [-0.39, 0.29) is 11.9 Å². The minimum absolute atomic E-state index is 0.177. The lowest BCUT2D eigenvalue weighted by molar-refractivity contribution is -0.141. The summed E-state index contributed by atoms with van der Waals surface area (Å²) < 4.78 is 9.75. The van der Waals surface area contributed by atoms with Crippen LogP contribution in [0.5, 0.6) is 0 Å². The molecule has 5 rings (SSSR count). The summed E-state index contributed by atoms with van der Waals surface area (Å²) in [5.41, 5.74) is 17.8.